The van der Waals surface area contributed by atoms with E-state index >= 15 is 0 Å². The number of Topliss-reactive ketones (excluding diaryl/α,β-unsaturated/α-hetero) is 1. The van der Waals surface area contributed by atoms with Crippen LogP contribution in [0.25, 0.3) is 16.3 Å². The Kier molecular flexibility index (Phi) is 7.75. The van der Waals surface area contributed by atoms with Gasteiger partial charge in [0.15, 0.2) is 5.78 Å². The maximum absolute atomic E-state index is 14.0. The van der Waals surface area contributed by atoms with E-state index in [2.05, 4.69) is 12.2 Å². The van der Waals surface area contributed by atoms with Crippen LogP contribution in [0, 0.1) is 0 Å². The molecule has 9 nitrogen and oxygen atoms in total. The number of esters is 1. The molecule has 51 heavy (non-hydrogen) atoms. The molecule has 4 aromatic rings. The van der Waals surface area contributed by atoms with Crippen molar-refractivity contribution in [2.24, 2.45) is 0 Å². The third-order valence-corrected chi connectivity index (χ3v) is 9.72. The number of hydrogen-bond acceptors (Lipinski definition) is 7. The Bertz CT molecular complexity index is 2310. The van der Waals surface area contributed by atoms with Crippen LogP contribution < -0.4 is 9.80 Å². The van der Waals surface area contributed by atoms with Crippen LogP contribution in [0.3, 0.4) is 0 Å². The molecule has 4 amide bonds. The van der Waals surface area contributed by atoms with Gasteiger partial charge >= 0.3 is 5.97 Å². The van der Waals surface area contributed by atoms with Crippen molar-refractivity contribution >= 4 is 63.1 Å². The predicted octanol–water partition coefficient (Wildman–Crippen LogP) is 7.62. The minimum absolute atomic E-state index is 0.0448. The molecule has 0 radical (unpaired) electrons. The van der Waals surface area contributed by atoms with E-state index in [1.807, 2.05) is 30.4 Å². The molecule has 0 aromatic heterocycles. The van der Waals surface area contributed by atoms with Gasteiger partial charge in [0.2, 0.25) is 0 Å². The Morgan fingerprint density at radius 3 is 1.88 bits per heavy atom. The Balaban J connectivity index is 1.05. The monoisotopic (exact) mass is 674 g/mol. The molecule has 0 spiro atoms. The molecule has 2 aliphatic carbocycles. The van der Waals surface area contributed by atoms with E-state index in [4.69, 9.17) is 4.74 Å². The zero-order chi connectivity index (χ0) is 35.4. The highest BCUT2D eigenvalue weighted by atomic mass is 16.5. The molecular weight excluding hydrogens is 644 g/mol. The van der Waals surface area contributed by atoms with Crippen molar-refractivity contribution in [3.05, 3.63) is 148 Å². The van der Waals surface area contributed by atoms with Crippen LogP contribution in [-0.4, -0.2) is 35.4 Å². The highest BCUT2D eigenvalue weighted by molar-refractivity contribution is 6.42. The summed E-state index contributed by atoms with van der Waals surface area (Å²) < 4.78 is 5.60. The SMILES string of the molecule is CC(OC(=O)CCC(=O)C1=CC=CC1)c1cccc(N2C(=O)c3ccc4c5c(ccc(c35)C2=O)C(=O)N(c2ccc(C3=CCC=C3)cc2)C4=O)c1. The lowest BCUT2D eigenvalue weighted by atomic mass is 9.85. The van der Waals surface area contributed by atoms with Gasteiger partial charge in [-0.15, -0.1) is 0 Å². The number of imide groups is 2. The molecule has 1 atom stereocenters. The van der Waals surface area contributed by atoms with Crippen molar-refractivity contribution in [1.82, 2.24) is 0 Å². The van der Waals surface area contributed by atoms with E-state index in [1.165, 1.54) is 24.3 Å². The number of ether oxygens (including phenoxy) is 1. The third kappa shape index (κ3) is 5.34. The Hall–Kier alpha value is -6.48. The standard InChI is InChI=1S/C42H30N2O7/c1-24(51-36(46)22-21-35(45)27-9-4-5-10-27)28-11-6-12-30(23-28)44-41(49)33-19-17-31-37-32(18-20-34(38(33)37)42(44)50)40(48)43(39(31)47)29-15-13-26(14-16-29)25-7-2-3-8-25/h2,4-9,11-20,23-24H,3,10,21-22H2,1H3. The molecule has 0 saturated carbocycles. The topological polar surface area (TPSA) is 118 Å². The molecule has 4 aromatic carbocycles. The lowest BCUT2D eigenvalue weighted by Gasteiger charge is -2.32. The molecule has 2 heterocycles. The van der Waals surface area contributed by atoms with Crippen molar-refractivity contribution in [2.75, 3.05) is 9.80 Å². The van der Waals surface area contributed by atoms with Gasteiger partial charge in [-0.2, -0.15) is 0 Å². The molecule has 0 saturated heterocycles. The summed E-state index contributed by atoms with van der Waals surface area (Å²) in [5.41, 5.74) is 4.77. The second-order valence-electron chi connectivity index (χ2n) is 12.8. The van der Waals surface area contributed by atoms with E-state index in [1.54, 1.807) is 49.4 Å². The maximum atomic E-state index is 14.0. The lowest BCUT2D eigenvalue weighted by Crippen LogP contribution is -2.43. The summed E-state index contributed by atoms with van der Waals surface area (Å²) in [5, 5.41) is 0.550. The number of amides is 4. The molecule has 4 aliphatic rings. The summed E-state index contributed by atoms with van der Waals surface area (Å²) in [6.07, 6.45) is 12.3. The van der Waals surface area contributed by atoms with Gasteiger partial charge < -0.3 is 4.74 Å². The number of benzene rings is 4. The Labute approximate surface area is 292 Å². The van der Waals surface area contributed by atoms with Gasteiger partial charge in [0.05, 0.1) is 17.8 Å². The van der Waals surface area contributed by atoms with Crippen LogP contribution in [-0.2, 0) is 14.3 Å². The number of hydrogen-bond donors (Lipinski definition) is 0. The zero-order valence-electron chi connectivity index (χ0n) is 27.6. The van der Waals surface area contributed by atoms with Crippen LogP contribution in [0.5, 0.6) is 0 Å². The minimum Gasteiger partial charge on any atom is -0.458 e. The van der Waals surface area contributed by atoms with E-state index in [0.717, 1.165) is 27.4 Å². The highest BCUT2D eigenvalue weighted by Gasteiger charge is 2.40. The highest BCUT2D eigenvalue weighted by Crippen LogP contribution is 2.40. The van der Waals surface area contributed by atoms with Gasteiger partial charge in [-0.25, -0.2) is 9.80 Å². The van der Waals surface area contributed by atoms with E-state index < -0.39 is 35.7 Å². The first kappa shape index (κ1) is 31.8. The molecular formula is C42H30N2O7. The van der Waals surface area contributed by atoms with Gasteiger partial charge in [0, 0.05) is 39.4 Å². The summed E-state index contributed by atoms with van der Waals surface area (Å²) >= 11 is 0. The normalized spacial score (nSPS) is 16.6. The van der Waals surface area contributed by atoms with Crippen molar-refractivity contribution < 1.29 is 33.5 Å². The van der Waals surface area contributed by atoms with Gasteiger partial charge in [0.1, 0.15) is 6.10 Å². The number of allylic oxidation sites excluding steroid dienone is 8. The Morgan fingerprint density at radius 2 is 1.33 bits per heavy atom. The predicted molar refractivity (Wildman–Crippen MR) is 191 cm³/mol. The van der Waals surface area contributed by atoms with Crippen molar-refractivity contribution in [3.8, 4) is 0 Å². The van der Waals surface area contributed by atoms with Gasteiger partial charge in [0.25, 0.3) is 23.6 Å². The summed E-state index contributed by atoms with van der Waals surface area (Å²) in [7, 11) is 0. The fourth-order valence-corrected chi connectivity index (χ4v) is 7.09. The summed E-state index contributed by atoms with van der Waals surface area (Å²) in [5.74, 6) is -2.94. The Morgan fingerprint density at radius 1 is 0.725 bits per heavy atom. The largest absolute Gasteiger partial charge is 0.458 e. The van der Waals surface area contributed by atoms with Crippen molar-refractivity contribution in [2.45, 2.75) is 38.7 Å². The number of carbonyl (C=O) groups is 6. The first-order valence-corrected chi connectivity index (χ1v) is 16.7. The van der Waals surface area contributed by atoms with Gasteiger partial charge in [-0.3, -0.25) is 28.8 Å². The molecule has 250 valence electrons. The average molecular weight is 675 g/mol. The quantitative estimate of drug-likeness (QED) is 0.132. The molecule has 9 heteroatoms. The molecule has 0 fully saturated rings. The van der Waals surface area contributed by atoms with Gasteiger partial charge in [-0.1, -0.05) is 60.7 Å². The second kappa shape index (κ2) is 12.4. The van der Waals surface area contributed by atoms with E-state index in [9.17, 15) is 28.8 Å². The zero-order valence-corrected chi connectivity index (χ0v) is 27.6. The van der Waals surface area contributed by atoms with Crippen molar-refractivity contribution in [3.63, 3.8) is 0 Å². The number of ketones is 1. The summed E-state index contributed by atoms with van der Waals surface area (Å²) in [6.45, 7) is 1.68. The fourth-order valence-electron chi connectivity index (χ4n) is 7.09. The van der Waals surface area contributed by atoms with Gasteiger partial charge in [-0.05, 0) is 90.6 Å². The van der Waals surface area contributed by atoms with E-state index in [0.29, 0.717) is 23.2 Å². The minimum atomic E-state index is -0.721. The number of nitrogens with zero attached hydrogens (tertiary/aromatic N) is 2. The summed E-state index contributed by atoms with van der Waals surface area (Å²) in [4.78, 5) is 83.0. The average Bonchev–Trinajstić information content (AvgIpc) is 3.89. The van der Waals surface area contributed by atoms with Crippen LogP contribution in [0.1, 0.15) is 91.3 Å². The third-order valence-electron chi connectivity index (χ3n) is 9.72. The molecule has 0 N–H and O–H groups in total. The lowest BCUT2D eigenvalue weighted by molar-refractivity contribution is -0.149. The first-order chi connectivity index (χ1) is 24.7. The van der Waals surface area contributed by atoms with Crippen LogP contribution in [0.15, 0.2) is 115 Å². The molecule has 8 rings (SSSR count). The fraction of sp³-hybridized carbons (Fsp3) is 0.143. The maximum Gasteiger partial charge on any atom is 0.306 e. The number of anilines is 2. The van der Waals surface area contributed by atoms with E-state index in [-0.39, 0.29) is 57.3 Å². The van der Waals surface area contributed by atoms with Crippen LogP contribution in [0.2, 0.25) is 0 Å². The summed E-state index contributed by atoms with van der Waals surface area (Å²) in [6, 6.07) is 19.9. The number of rotatable bonds is 9. The van der Waals surface area contributed by atoms with Crippen LogP contribution in [0.4, 0.5) is 11.4 Å². The second-order valence-corrected chi connectivity index (χ2v) is 12.8. The van der Waals surface area contributed by atoms with Crippen LogP contribution >= 0.6 is 0 Å². The van der Waals surface area contributed by atoms with Crippen molar-refractivity contribution in [1.29, 1.82) is 0 Å². The molecule has 1 unspecified atom stereocenters. The first-order valence-electron chi connectivity index (χ1n) is 16.7. The number of carbonyl (C=O) groups excluding carboxylic acids is 6. The smallest absolute Gasteiger partial charge is 0.306 e. The molecule has 0 bridgehead atoms. The molecule has 2 aliphatic heterocycles.